The van der Waals surface area contributed by atoms with Crippen molar-refractivity contribution >= 4 is 12.0 Å². The molecule has 17 heteroatoms. The van der Waals surface area contributed by atoms with Crippen LogP contribution >= 0.6 is 0 Å². The summed E-state index contributed by atoms with van der Waals surface area (Å²) in [5.74, 6) is 0.356. The van der Waals surface area contributed by atoms with Gasteiger partial charge in [-0.15, -0.1) is 0 Å². The van der Waals surface area contributed by atoms with Crippen LogP contribution in [0.2, 0.25) is 0 Å². The summed E-state index contributed by atoms with van der Waals surface area (Å²) in [5, 5.41) is 4.67. The molecule has 4 aromatic rings. The topological polar surface area (TPSA) is 98.5 Å². The van der Waals surface area contributed by atoms with Crippen molar-refractivity contribution in [3.05, 3.63) is 70.4 Å². The number of amides is 1. The number of carbonyl (C=O) groups is 1. The first-order valence-electron chi connectivity index (χ1n) is 16.0. The van der Waals surface area contributed by atoms with Gasteiger partial charge in [0, 0.05) is 46.4 Å². The summed E-state index contributed by atoms with van der Waals surface area (Å²) >= 11 is 0. The predicted octanol–water partition coefficient (Wildman–Crippen LogP) is 7.89. The van der Waals surface area contributed by atoms with Crippen LogP contribution in [0.1, 0.15) is 66.7 Å². The fourth-order valence-electron chi connectivity index (χ4n) is 6.48. The lowest BCUT2D eigenvalue weighted by Crippen LogP contribution is -2.49. The Kier molecular flexibility index (Phi) is 9.12. The van der Waals surface area contributed by atoms with Crippen molar-refractivity contribution in [3.8, 4) is 28.1 Å². The lowest BCUT2D eigenvalue weighted by Gasteiger charge is -2.34. The second-order valence-corrected chi connectivity index (χ2v) is 12.9. The number of pyridine rings is 1. The van der Waals surface area contributed by atoms with Gasteiger partial charge < -0.3 is 14.4 Å². The van der Waals surface area contributed by atoms with Gasteiger partial charge >= 0.3 is 18.4 Å². The molecule has 51 heavy (non-hydrogen) atoms. The Morgan fingerprint density at radius 1 is 0.961 bits per heavy atom. The molecule has 0 saturated carbocycles. The highest BCUT2D eigenvalue weighted by atomic mass is 19.4. The summed E-state index contributed by atoms with van der Waals surface area (Å²) in [6, 6.07) is 1.97. The van der Waals surface area contributed by atoms with Gasteiger partial charge in [0.1, 0.15) is 12.3 Å². The number of nitrogens with zero attached hydrogens (tertiary/aromatic N) is 7. The molecular weight excluding hydrogens is 687 g/mol. The van der Waals surface area contributed by atoms with Crippen molar-refractivity contribution in [1.82, 2.24) is 29.6 Å². The standard InChI is InChI=1S/C34H34F7N7O3/c1-16(2)48-18(4)28(17(3)45-48)21-9-25(30(50-6)42-11-21)26-12-43-31(46-13-24(35)14-46)44-27(26)15-47-19(5)29(51-32(47)49)20-7-22(33(36,37)38)10-23(8-20)34(39,40)41/h7-12,16,19,24,29H,13-15H2,1-6H3. The van der Waals surface area contributed by atoms with Crippen molar-refractivity contribution in [2.24, 2.45) is 0 Å². The Bertz CT molecular complexity index is 1940. The number of rotatable bonds is 8. The number of anilines is 1. The van der Waals surface area contributed by atoms with E-state index in [1.54, 1.807) is 11.1 Å². The molecule has 2 fully saturated rings. The normalized spacial score (nSPS) is 18.4. The third-order valence-corrected chi connectivity index (χ3v) is 9.06. The first-order chi connectivity index (χ1) is 23.9. The first-order valence-corrected chi connectivity index (χ1v) is 16.0. The van der Waals surface area contributed by atoms with Crippen molar-refractivity contribution in [2.45, 2.75) is 77.9 Å². The van der Waals surface area contributed by atoms with E-state index in [0.29, 0.717) is 28.8 Å². The van der Waals surface area contributed by atoms with Crippen molar-refractivity contribution in [3.63, 3.8) is 0 Å². The van der Waals surface area contributed by atoms with Crippen LogP contribution in [0, 0.1) is 13.8 Å². The Morgan fingerprint density at radius 3 is 2.16 bits per heavy atom. The molecule has 6 rings (SSSR count). The molecule has 1 amide bonds. The van der Waals surface area contributed by atoms with Crippen LogP contribution in [0.5, 0.6) is 5.88 Å². The Hall–Kier alpha value is -4.96. The molecule has 0 bridgehead atoms. The number of ether oxygens (including phenoxy) is 2. The molecule has 0 spiro atoms. The van der Waals surface area contributed by atoms with Crippen LogP contribution in [-0.2, 0) is 23.6 Å². The van der Waals surface area contributed by atoms with Crippen LogP contribution in [0.4, 0.5) is 41.5 Å². The number of aryl methyl sites for hydroxylation is 1. The molecule has 272 valence electrons. The first kappa shape index (κ1) is 35.9. The smallest absolute Gasteiger partial charge is 0.416 e. The van der Waals surface area contributed by atoms with Crippen LogP contribution < -0.4 is 9.64 Å². The Balaban J connectivity index is 1.42. The zero-order valence-corrected chi connectivity index (χ0v) is 28.4. The molecule has 2 aliphatic heterocycles. The zero-order valence-electron chi connectivity index (χ0n) is 28.4. The van der Waals surface area contributed by atoms with Gasteiger partial charge in [0.15, 0.2) is 0 Å². The largest absolute Gasteiger partial charge is 0.481 e. The fourth-order valence-corrected chi connectivity index (χ4v) is 6.48. The maximum Gasteiger partial charge on any atom is 0.416 e. The molecule has 2 aliphatic rings. The lowest BCUT2D eigenvalue weighted by atomic mass is 9.97. The average molecular weight is 722 g/mol. The summed E-state index contributed by atoms with van der Waals surface area (Å²) in [6.45, 7) is 9.06. The van der Waals surface area contributed by atoms with Crippen molar-refractivity contribution < 1.29 is 45.0 Å². The SMILES string of the molecule is COc1ncc(-c2c(C)nn(C(C)C)c2C)cc1-c1cnc(N2CC(F)C2)nc1CN1C(=O)OC(c2cc(C(F)(F)F)cc(C(F)(F)F)c2)C1C. The lowest BCUT2D eigenvalue weighted by molar-refractivity contribution is -0.143. The van der Waals surface area contributed by atoms with E-state index in [1.165, 1.54) is 20.2 Å². The summed E-state index contributed by atoms with van der Waals surface area (Å²) in [4.78, 5) is 29.7. The van der Waals surface area contributed by atoms with E-state index in [0.717, 1.165) is 21.9 Å². The fraction of sp³-hybridized carbons (Fsp3) is 0.441. The van der Waals surface area contributed by atoms with Crippen molar-refractivity contribution in [1.29, 1.82) is 0 Å². The van der Waals surface area contributed by atoms with Gasteiger partial charge in [-0.1, -0.05) is 0 Å². The number of benzene rings is 1. The number of hydrogen-bond donors (Lipinski definition) is 0. The number of aromatic nitrogens is 5. The third-order valence-electron chi connectivity index (χ3n) is 9.06. The molecule has 1 aromatic carbocycles. The molecule has 2 unspecified atom stereocenters. The molecule has 3 aromatic heterocycles. The monoisotopic (exact) mass is 721 g/mol. The van der Waals surface area contributed by atoms with Gasteiger partial charge in [0.05, 0.1) is 55.3 Å². The highest BCUT2D eigenvalue weighted by molar-refractivity contribution is 5.79. The summed E-state index contributed by atoms with van der Waals surface area (Å²) in [6.07, 6.45) is -10.6. The van der Waals surface area contributed by atoms with Crippen LogP contribution in [0.15, 0.2) is 36.7 Å². The molecule has 5 heterocycles. The van der Waals surface area contributed by atoms with Gasteiger partial charge in [-0.25, -0.2) is 24.1 Å². The average Bonchev–Trinajstić information content (AvgIpc) is 3.51. The molecule has 0 N–H and O–H groups in total. The van der Waals surface area contributed by atoms with Gasteiger partial charge in [-0.3, -0.25) is 9.58 Å². The van der Waals surface area contributed by atoms with Crippen LogP contribution in [0.25, 0.3) is 22.3 Å². The zero-order chi connectivity index (χ0) is 37.2. The second kappa shape index (κ2) is 13.0. The van der Waals surface area contributed by atoms with E-state index in [2.05, 4.69) is 20.1 Å². The number of hydrogen-bond acceptors (Lipinski definition) is 8. The summed E-state index contributed by atoms with van der Waals surface area (Å²) in [7, 11) is 1.42. The number of cyclic esters (lactones) is 1. The van der Waals surface area contributed by atoms with Crippen LogP contribution in [-0.4, -0.2) is 68.1 Å². The minimum atomic E-state index is -5.09. The number of carbonyl (C=O) groups excluding carboxylic acids is 1. The number of halogens is 7. The second-order valence-electron chi connectivity index (χ2n) is 12.9. The Morgan fingerprint density at radius 2 is 1.61 bits per heavy atom. The highest BCUT2D eigenvalue weighted by Gasteiger charge is 2.44. The Labute approximate surface area is 288 Å². The maximum absolute atomic E-state index is 13.8. The maximum atomic E-state index is 13.8. The number of methoxy groups -OCH3 is 1. The third kappa shape index (κ3) is 6.77. The highest BCUT2D eigenvalue weighted by Crippen LogP contribution is 2.42. The molecule has 10 nitrogen and oxygen atoms in total. The number of alkyl halides is 7. The predicted molar refractivity (Wildman–Crippen MR) is 171 cm³/mol. The van der Waals surface area contributed by atoms with E-state index in [9.17, 15) is 35.5 Å². The molecular formula is C34H34F7N7O3. The van der Waals surface area contributed by atoms with Gasteiger partial charge in [-0.2, -0.15) is 31.4 Å². The van der Waals surface area contributed by atoms with Crippen LogP contribution in [0.3, 0.4) is 0 Å². The van der Waals surface area contributed by atoms with Gasteiger partial charge in [0.2, 0.25) is 11.8 Å². The molecule has 0 aliphatic carbocycles. The molecule has 0 radical (unpaired) electrons. The molecule has 2 saturated heterocycles. The van der Waals surface area contributed by atoms with E-state index < -0.39 is 53.5 Å². The van der Waals surface area contributed by atoms with Gasteiger partial charge in [-0.05, 0) is 64.4 Å². The van der Waals surface area contributed by atoms with Crippen molar-refractivity contribution in [2.75, 3.05) is 25.1 Å². The van der Waals surface area contributed by atoms with E-state index in [1.807, 2.05) is 38.4 Å². The van der Waals surface area contributed by atoms with E-state index in [-0.39, 0.29) is 49.3 Å². The summed E-state index contributed by atoms with van der Waals surface area (Å²) in [5.41, 5.74) is 0.710. The van der Waals surface area contributed by atoms with E-state index in [4.69, 9.17) is 9.47 Å². The minimum absolute atomic E-state index is 0.0154. The van der Waals surface area contributed by atoms with Gasteiger partial charge in [0.25, 0.3) is 0 Å². The quantitative estimate of drug-likeness (QED) is 0.170. The minimum Gasteiger partial charge on any atom is -0.481 e. The molecule has 2 atom stereocenters. The van der Waals surface area contributed by atoms with E-state index >= 15 is 0 Å². The summed E-state index contributed by atoms with van der Waals surface area (Å²) < 4.78 is 109.